The molecule has 0 bridgehead atoms. The van der Waals surface area contributed by atoms with Crippen LogP contribution in [-0.2, 0) is 4.74 Å². The lowest BCUT2D eigenvalue weighted by Crippen LogP contribution is -2.23. The molecule has 1 aromatic carbocycles. The summed E-state index contributed by atoms with van der Waals surface area (Å²) in [5, 5.41) is 0. The van der Waals surface area contributed by atoms with Gasteiger partial charge in [0.05, 0.1) is 24.0 Å². The average Bonchev–Trinajstić information content (AvgIpc) is 2.34. The van der Waals surface area contributed by atoms with E-state index >= 15 is 0 Å². The fraction of sp³-hybridized carbons (Fsp3) is 0.500. The van der Waals surface area contributed by atoms with Gasteiger partial charge < -0.3 is 15.4 Å². The van der Waals surface area contributed by atoms with Crippen molar-refractivity contribution in [2.24, 2.45) is 5.92 Å². The monoisotopic (exact) mass is 250 g/mol. The van der Waals surface area contributed by atoms with E-state index < -0.39 is 0 Å². The van der Waals surface area contributed by atoms with Gasteiger partial charge in [0.1, 0.15) is 0 Å². The highest BCUT2D eigenvalue weighted by Gasteiger charge is 2.17. The molecule has 0 atom stereocenters. The molecule has 0 amide bonds. The van der Waals surface area contributed by atoms with E-state index in [9.17, 15) is 4.79 Å². The van der Waals surface area contributed by atoms with Gasteiger partial charge in [-0.2, -0.15) is 0 Å². The first-order valence-electron chi connectivity index (χ1n) is 6.15. The molecule has 0 saturated heterocycles. The number of carbonyl (C=O) groups excluding carboxylic acids is 1. The summed E-state index contributed by atoms with van der Waals surface area (Å²) in [5.41, 5.74) is 7.84. The van der Waals surface area contributed by atoms with Gasteiger partial charge in [-0.15, -0.1) is 0 Å². The largest absolute Gasteiger partial charge is 0.465 e. The molecular weight excluding hydrogens is 228 g/mol. The molecule has 4 heteroatoms. The van der Waals surface area contributed by atoms with E-state index in [2.05, 4.69) is 13.8 Å². The number of para-hydroxylation sites is 1. The molecule has 0 fully saturated rings. The summed E-state index contributed by atoms with van der Waals surface area (Å²) in [7, 11) is 3.32. The molecule has 0 radical (unpaired) electrons. The van der Waals surface area contributed by atoms with Crippen molar-refractivity contribution in [3.05, 3.63) is 23.8 Å². The molecule has 2 N–H and O–H groups in total. The summed E-state index contributed by atoms with van der Waals surface area (Å²) in [5.74, 6) is 0.257. The quantitative estimate of drug-likeness (QED) is 0.644. The van der Waals surface area contributed by atoms with Gasteiger partial charge in [-0.25, -0.2) is 4.79 Å². The number of ether oxygens (including phenoxy) is 1. The highest BCUT2D eigenvalue weighted by molar-refractivity contribution is 5.99. The van der Waals surface area contributed by atoms with Crippen molar-refractivity contribution in [1.82, 2.24) is 0 Å². The minimum atomic E-state index is -0.353. The Morgan fingerprint density at radius 3 is 2.67 bits per heavy atom. The van der Waals surface area contributed by atoms with Crippen molar-refractivity contribution >= 4 is 17.3 Å². The van der Waals surface area contributed by atoms with E-state index in [1.165, 1.54) is 7.11 Å². The Kier molecular flexibility index (Phi) is 5.01. The van der Waals surface area contributed by atoms with Crippen molar-refractivity contribution in [1.29, 1.82) is 0 Å². The highest BCUT2D eigenvalue weighted by Crippen LogP contribution is 2.28. The van der Waals surface area contributed by atoms with Crippen LogP contribution >= 0.6 is 0 Å². The summed E-state index contributed by atoms with van der Waals surface area (Å²) in [6, 6.07) is 5.30. The number of benzene rings is 1. The number of esters is 1. The fourth-order valence-electron chi connectivity index (χ4n) is 1.83. The number of nitrogens with two attached hydrogens (primary N) is 1. The number of hydrogen-bond acceptors (Lipinski definition) is 4. The van der Waals surface area contributed by atoms with Crippen molar-refractivity contribution in [2.75, 3.05) is 31.3 Å². The van der Waals surface area contributed by atoms with Crippen LogP contribution in [0.25, 0.3) is 0 Å². The molecule has 0 saturated carbocycles. The van der Waals surface area contributed by atoms with E-state index in [1.807, 2.05) is 11.9 Å². The predicted molar refractivity (Wildman–Crippen MR) is 74.9 cm³/mol. The molecule has 0 aliphatic carbocycles. The second-order valence-corrected chi connectivity index (χ2v) is 4.84. The molecule has 18 heavy (non-hydrogen) atoms. The normalized spacial score (nSPS) is 10.5. The van der Waals surface area contributed by atoms with Gasteiger partial charge in [0.15, 0.2) is 0 Å². The molecular formula is C14H22N2O2. The number of anilines is 2. The Hall–Kier alpha value is -1.71. The molecule has 0 aromatic heterocycles. The second-order valence-electron chi connectivity index (χ2n) is 4.84. The van der Waals surface area contributed by atoms with Crippen molar-refractivity contribution < 1.29 is 9.53 Å². The third kappa shape index (κ3) is 3.39. The molecule has 0 aliphatic heterocycles. The predicted octanol–water partition coefficient (Wildman–Crippen LogP) is 2.54. The van der Waals surface area contributed by atoms with Crippen LogP contribution in [0.4, 0.5) is 11.4 Å². The molecule has 4 nitrogen and oxygen atoms in total. The SMILES string of the molecule is COC(=O)c1cccc(N)c1N(C)CCC(C)C. The lowest BCUT2D eigenvalue weighted by molar-refractivity contribution is 0.0601. The average molecular weight is 250 g/mol. The summed E-state index contributed by atoms with van der Waals surface area (Å²) < 4.78 is 4.79. The van der Waals surface area contributed by atoms with E-state index in [0.717, 1.165) is 18.7 Å². The Morgan fingerprint density at radius 1 is 1.44 bits per heavy atom. The van der Waals surface area contributed by atoms with E-state index in [0.29, 0.717) is 17.2 Å². The zero-order chi connectivity index (χ0) is 13.7. The van der Waals surface area contributed by atoms with Crippen LogP contribution in [0.1, 0.15) is 30.6 Å². The van der Waals surface area contributed by atoms with Gasteiger partial charge in [-0.05, 0) is 24.5 Å². The van der Waals surface area contributed by atoms with E-state index in [-0.39, 0.29) is 5.97 Å². The van der Waals surface area contributed by atoms with Crippen LogP contribution in [0.15, 0.2) is 18.2 Å². The molecule has 100 valence electrons. The molecule has 0 aliphatic rings. The van der Waals surface area contributed by atoms with Crippen LogP contribution in [0.3, 0.4) is 0 Å². The van der Waals surface area contributed by atoms with Gasteiger partial charge in [0, 0.05) is 13.6 Å². The zero-order valence-corrected chi connectivity index (χ0v) is 11.6. The van der Waals surface area contributed by atoms with Gasteiger partial charge in [0.25, 0.3) is 0 Å². The molecule has 0 heterocycles. The minimum absolute atomic E-state index is 0.353. The minimum Gasteiger partial charge on any atom is -0.465 e. The van der Waals surface area contributed by atoms with Crippen LogP contribution in [0.2, 0.25) is 0 Å². The summed E-state index contributed by atoms with van der Waals surface area (Å²) in [6.45, 7) is 5.20. The van der Waals surface area contributed by atoms with Gasteiger partial charge in [-0.3, -0.25) is 0 Å². The van der Waals surface area contributed by atoms with E-state index in [4.69, 9.17) is 10.5 Å². The van der Waals surface area contributed by atoms with Crippen molar-refractivity contribution in [2.45, 2.75) is 20.3 Å². The Morgan fingerprint density at radius 2 is 2.11 bits per heavy atom. The Bertz CT molecular complexity index is 416. The zero-order valence-electron chi connectivity index (χ0n) is 11.6. The third-order valence-corrected chi connectivity index (χ3v) is 2.90. The number of methoxy groups -OCH3 is 1. The van der Waals surface area contributed by atoms with Crippen molar-refractivity contribution in [3.8, 4) is 0 Å². The smallest absolute Gasteiger partial charge is 0.340 e. The lowest BCUT2D eigenvalue weighted by atomic mass is 10.1. The summed E-state index contributed by atoms with van der Waals surface area (Å²) >= 11 is 0. The number of carbonyl (C=O) groups is 1. The van der Waals surface area contributed by atoms with Crippen molar-refractivity contribution in [3.63, 3.8) is 0 Å². The third-order valence-electron chi connectivity index (χ3n) is 2.90. The number of rotatable bonds is 5. The van der Waals surface area contributed by atoms with Crippen LogP contribution in [0.5, 0.6) is 0 Å². The van der Waals surface area contributed by atoms with Crippen LogP contribution < -0.4 is 10.6 Å². The topological polar surface area (TPSA) is 55.6 Å². The number of hydrogen-bond donors (Lipinski definition) is 1. The van der Waals surface area contributed by atoms with Gasteiger partial charge in [0.2, 0.25) is 0 Å². The Labute approximate surface area is 109 Å². The Balaban J connectivity index is 3.01. The second kappa shape index (κ2) is 6.28. The van der Waals surface area contributed by atoms with Crippen LogP contribution in [-0.4, -0.2) is 26.7 Å². The maximum Gasteiger partial charge on any atom is 0.340 e. The van der Waals surface area contributed by atoms with Crippen LogP contribution in [0, 0.1) is 5.92 Å². The maximum atomic E-state index is 11.7. The molecule has 1 aromatic rings. The lowest BCUT2D eigenvalue weighted by Gasteiger charge is -2.24. The molecule has 0 unspecified atom stereocenters. The van der Waals surface area contributed by atoms with Gasteiger partial charge >= 0.3 is 5.97 Å². The highest BCUT2D eigenvalue weighted by atomic mass is 16.5. The number of nitrogen functional groups attached to an aromatic ring is 1. The van der Waals surface area contributed by atoms with E-state index in [1.54, 1.807) is 18.2 Å². The molecule has 1 rings (SSSR count). The first kappa shape index (κ1) is 14.4. The van der Waals surface area contributed by atoms with Gasteiger partial charge in [-0.1, -0.05) is 19.9 Å². The summed E-state index contributed by atoms with van der Waals surface area (Å²) in [6.07, 6.45) is 1.05. The maximum absolute atomic E-state index is 11.7. The molecule has 0 spiro atoms. The fourth-order valence-corrected chi connectivity index (χ4v) is 1.83. The first-order valence-corrected chi connectivity index (χ1v) is 6.15. The number of nitrogens with zero attached hydrogens (tertiary/aromatic N) is 1. The summed E-state index contributed by atoms with van der Waals surface area (Å²) in [4.78, 5) is 13.7. The standard InChI is InChI=1S/C14H22N2O2/c1-10(2)8-9-16(3)13-11(14(17)18-4)6-5-7-12(13)15/h5-7,10H,8-9,15H2,1-4H3. The first-order chi connectivity index (χ1) is 8.47.